The summed E-state index contributed by atoms with van der Waals surface area (Å²) in [5, 5.41) is 10.2. The van der Waals surface area contributed by atoms with Gasteiger partial charge in [-0.2, -0.15) is 5.10 Å². The van der Waals surface area contributed by atoms with Crippen LogP contribution >= 0.6 is 0 Å². The molecule has 1 aromatic carbocycles. The van der Waals surface area contributed by atoms with Crippen LogP contribution in [0.1, 0.15) is 65.3 Å². The summed E-state index contributed by atoms with van der Waals surface area (Å²) in [7, 11) is 0. The zero-order valence-electron chi connectivity index (χ0n) is 24.3. The molecule has 228 valence electrons. The molecular formula is C31H34N8O5. The number of ether oxygens (including phenoxy) is 1. The monoisotopic (exact) mass is 598 g/mol. The van der Waals surface area contributed by atoms with Gasteiger partial charge in [-0.3, -0.25) is 34.1 Å². The summed E-state index contributed by atoms with van der Waals surface area (Å²) in [5.41, 5.74) is 2.24. The maximum Gasteiger partial charge on any atom is 0.262 e. The Balaban J connectivity index is 0.874. The van der Waals surface area contributed by atoms with Crippen LogP contribution in [0.5, 0.6) is 0 Å². The zero-order valence-corrected chi connectivity index (χ0v) is 24.3. The Kier molecular flexibility index (Phi) is 7.54. The number of benzene rings is 1. The quantitative estimate of drug-likeness (QED) is 0.278. The van der Waals surface area contributed by atoms with E-state index in [-0.39, 0.29) is 24.0 Å². The van der Waals surface area contributed by atoms with Crippen molar-refractivity contribution in [3.05, 3.63) is 54.0 Å². The molecule has 7 rings (SSSR count). The first-order valence-electron chi connectivity index (χ1n) is 15.2. The summed E-state index contributed by atoms with van der Waals surface area (Å²) in [6, 6.07) is 6.44. The van der Waals surface area contributed by atoms with Crippen LogP contribution < -0.4 is 15.5 Å². The van der Waals surface area contributed by atoms with Gasteiger partial charge in [-0.15, -0.1) is 0 Å². The minimum absolute atomic E-state index is 0.0977. The first kappa shape index (κ1) is 28.1. The summed E-state index contributed by atoms with van der Waals surface area (Å²) in [6.07, 6.45) is 10.1. The molecule has 3 aliphatic heterocycles. The number of hydrogen-bond donors (Lipinski definition) is 2. The van der Waals surface area contributed by atoms with Gasteiger partial charge in [0.1, 0.15) is 11.9 Å². The van der Waals surface area contributed by atoms with Crippen LogP contribution in [0.2, 0.25) is 0 Å². The van der Waals surface area contributed by atoms with Crippen LogP contribution in [0.4, 0.5) is 11.5 Å². The number of nitrogens with zero attached hydrogens (tertiary/aromatic N) is 6. The number of carbonyl (C=O) groups excluding carboxylic acids is 4. The highest BCUT2D eigenvalue weighted by Crippen LogP contribution is 2.40. The van der Waals surface area contributed by atoms with Gasteiger partial charge >= 0.3 is 0 Å². The fraction of sp³-hybridized carbons (Fsp3) is 0.452. The van der Waals surface area contributed by atoms with E-state index in [1.54, 1.807) is 24.4 Å². The van der Waals surface area contributed by atoms with Crippen LogP contribution in [0, 0.1) is 5.92 Å². The SMILES string of the molecule is O=C1CCC(N2C(=O)c3ccc(NCCCC4CC(n5cc(-c6nccc(N7CCOCC7)n6)cn5)C4)cc3C2=O)C(=O)N1. The van der Waals surface area contributed by atoms with Crippen molar-refractivity contribution < 1.29 is 23.9 Å². The van der Waals surface area contributed by atoms with Gasteiger partial charge in [-0.25, -0.2) is 9.97 Å². The molecule has 3 aromatic rings. The highest BCUT2D eigenvalue weighted by atomic mass is 16.5. The topological polar surface area (TPSA) is 152 Å². The Morgan fingerprint density at radius 2 is 1.84 bits per heavy atom. The molecule has 0 spiro atoms. The molecule has 0 bridgehead atoms. The number of fused-ring (bicyclic) bond motifs is 1. The van der Waals surface area contributed by atoms with Gasteiger partial charge in [0.15, 0.2) is 5.82 Å². The molecule has 2 N–H and O–H groups in total. The number of imide groups is 2. The first-order chi connectivity index (χ1) is 21.4. The average molecular weight is 599 g/mol. The Labute approximate surface area is 254 Å². The second-order valence-corrected chi connectivity index (χ2v) is 11.8. The summed E-state index contributed by atoms with van der Waals surface area (Å²) in [5.74, 6) is 0.228. The highest BCUT2D eigenvalue weighted by Gasteiger charge is 2.44. The van der Waals surface area contributed by atoms with E-state index in [1.165, 1.54) is 0 Å². The van der Waals surface area contributed by atoms with E-state index >= 15 is 0 Å². The Morgan fingerprint density at radius 3 is 2.66 bits per heavy atom. The van der Waals surface area contributed by atoms with E-state index in [2.05, 4.69) is 25.6 Å². The van der Waals surface area contributed by atoms with Gasteiger partial charge in [0.2, 0.25) is 11.8 Å². The fourth-order valence-corrected chi connectivity index (χ4v) is 6.47. The summed E-state index contributed by atoms with van der Waals surface area (Å²) in [6.45, 7) is 3.81. The molecule has 5 heterocycles. The molecule has 2 saturated heterocycles. The van der Waals surface area contributed by atoms with Crippen LogP contribution in [0.3, 0.4) is 0 Å². The molecule has 1 atom stereocenters. The van der Waals surface area contributed by atoms with Gasteiger partial charge in [0.25, 0.3) is 11.8 Å². The number of aromatic nitrogens is 4. The van der Waals surface area contributed by atoms with Gasteiger partial charge < -0.3 is 15.0 Å². The summed E-state index contributed by atoms with van der Waals surface area (Å²) in [4.78, 5) is 62.2. The fourth-order valence-electron chi connectivity index (χ4n) is 6.47. The maximum atomic E-state index is 13.1. The second-order valence-electron chi connectivity index (χ2n) is 11.8. The number of piperidine rings is 1. The van der Waals surface area contributed by atoms with E-state index in [0.29, 0.717) is 31.0 Å². The minimum Gasteiger partial charge on any atom is -0.385 e. The number of carbonyl (C=O) groups is 4. The molecule has 2 aromatic heterocycles. The predicted molar refractivity (Wildman–Crippen MR) is 159 cm³/mol. The molecule has 4 amide bonds. The normalized spacial score (nSPS) is 23.4. The van der Waals surface area contributed by atoms with Crippen molar-refractivity contribution in [1.82, 2.24) is 30.0 Å². The minimum atomic E-state index is -0.962. The Hall–Kier alpha value is -4.65. The zero-order chi connectivity index (χ0) is 30.2. The summed E-state index contributed by atoms with van der Waals surface area (Å²) >= 11 is 0. The van der Waals surface area contributed by atoms with E-state index in [9.17, 15) is 19.2 Å². The standard InChI is InChI=1S/C31H34N8O5/c40-27-6-5-25(29(41)36-27)39-30(42)23-4-3-21(16-24(23)31(39)43)32-8-1-2-19-14-22(15-19)38-18-20(17-34-38)28-33-9-7-26(35-28)37-10-12-44-13-11-37/h3-4,7,9,16-19,22,25,32H,1-2,5-6,8,10-15H2,(H,36,40,41). The molecule has 0 radical (unpaired) electrons. The maximum absolute atomic E-state index is 13.1. The summed E-state index contributed by atoms with van der Waals surface area (Å²) < 4.78 is 7.49. The number of amides is 4. The first-order valence-corrected chi connectivity index (χ1v) is 15.2. The van der Waals surface area contributed by atoms with E-state index in [4.69, 9.17) is 9.72 Å². The largest absolute Gasteiger partial charge is 0.385 e. The number of anilines is 2. The van der Waals surface area contributed by atoms with Crippen molar-refractivity contribution >= 4 is 35.1 Å². The van der Waals surface area contributed by atoms with Crippen molar-refractivity contribution in [1.29, 1.82) is 0 Å². The highest BCUT2D eigenvalue weighted by molar-refractivity contribution is 6.23. The lowest BCUT2D eigenvalue weighted by atomic mass is 9.77. The van der Waals surface area contributed by atoms with Gasteiger partial charge in [0.05, 0.1) is 42.1 Å². The Morgan fingerprint density at radius 1 is 1.02 bits per heavy atom. The second kappa shape index (κ2) is 11.8. The van der Waals surface area contributed by atoms with Crippen molar-refractivity contribution in [2.45, 2.75) is 50.6 Å². The van der Waals surface area contributed by atoms with E-state index in [1.807, 2.05) is 23.1 Å². The molecule has 1 unspecified atom stereocenters. The lowest BCUT2D eigenvalue weighted by Gasteiger charge is -2.35. The van der Waals surface area contributed by atoms with Crippen LogP contribution in [-0.4, -0.2) is 87.2 Å². The lowest BCUT2D eigenvalue weighted by Crippen LogP contribution is -2.54. The van der Waals surface area contributed by atoms with Crippen LogP contribution in [0.25, 0.3) is 11.4 Å². The van der Waals surface area contributed by atoms with Gasteiger partial charge in [-0.05, 0) is 62.3 Å². The molecule has 1 saturated carbocycles. The molecule has 3 fully saturated rings. The molecule has 1 aliphatic carbocycles. The van der Waals surface area contributed by atoms with Crippen molar-refractivity contribution in [3.63, 3.8) is 0 Å². The van der Waals surface area contributed by atoms with Gasteiger partial charge in [-0.1, -0.05) is 0 Å². The van der Waals surface area contributed by atoms with Crippen molar-refractivity contribution in [2.24, 2.45) is 5.92 Å². The number of nitrogens with one attached hydrogen (secondary N) is 2. The Bertz CT molecular complexity index is 1610. The lowest BCUT2D eigenvalue weighted by molar-refractivity contribution is -0.136. The van der Waals surface area contributed by atoms with Crippen LogP contribution in [-0.2, 0) is 14.3 Å². The van der Waals surface area contributed by atoms with Crippen LogP contribution in [0.15, 0.2) is 42.9 Å². The van der Waals surface area contributed by atoms with Crippen molar-refractivity contribution in [3.8, 4) is 11.4 Å². The van der Waals surface area contributed by atoms with Crippen molar-refractivity contribution in [2.75, 3.05) is 43.1 Å². The molecule has 44 heavy (non-hydrogen) atoms. The molecule has 13 heteroatoms. The predicted octanol–water partition coefficient (Wildman–Crippen LogP) is 2.42. The number of morpholine rings is 1. The third kappa shape index (κ3) is 5.43. The van der Waals surface area contributed by atoms with Gasteiger partial charge in [0, 0.05) is 44.1 Å². The van der Waals surface area contributed by atoms with E-state index < -0.39 is 29.7 Å². The average Bonchev–Trinajstić information content (AvgIpc) is 3.60. The molecule has 13 nitrogen and oxygen atoms in total. The molecule has 4 aliphatic rings. The third-order valence-corrected chi connectivity index (χ3v) is 8.98. The molecular weight excluding hydrogens is 564 g/mol. The van der Waals surface area contributed by atoms with E-state index in [0.717, 1.165) is 67.3 Å². The smallest absolute Gasteiger partial charge is 0.262 e. The number of rotatable bonds is 9. The third-order valence-electron chi connectivity index (χ3n) is 8.98. The number of hydrogen-bond acceptors (Lipinski definition) is 10.